The molecule has 0 saturated heterocycles. The molecule has 0 radical (unpaired) electrons. The van der Waals surface area contributed by atoms with Crippen LogP contribution in [0.4, 0.5) is 5.69 Å². The van der Waals surface area contributed by atoms with Crippen LogP contribution in [0.2, 0.25) is 5.02 Å². The number of hydrogen-bond acceptors (Lipinski definition) is 3. The summed E-state index contributed by atoms with van der Waals surface area (Å²) in [7, 11) is 0. The molecule has 2 rings (SSSR count). The average Bonchev–Trinajstić information content (AvgIpc) is 2.30. The highest BCUT2D eigenvalue weighted by molar-refractivity contribution is 14.1. The molecule has 2 aromatic rings. The monoisotopic (exact) mass is 361 g/mol. The molecule has 1 aromatic carbocycles. The van der Waals surface area contributed by atoms with Gasteiger partial charge in [0.15, 0.2) is 0 Å². The van der Waals surface area contributed by atoms with E-state index in [0.29, 0.717) is 20.8 Å². The molecule has 0 atom stereocenters. The van der Waals surface area contributed by atoms with Crippen LogP contribution in [0.5, 0.6) is 0 Å². The van der Waals surface area contributed by atoms with Gasteiger partial charge < -0.3 is 5.73 Å². The van der Waals surface area contributed by atoms with Crippen LogP contribution in [0.15, 0.2) is 35.5 Å². The van der Waals surface area contributed by atoms with E-state index in [4.69, 9.17) is 17.3 Å². The van der Waals surface area contributed by atoms with Gasteiger partial charge in [-0.25, -0.2) is 4.98 Å². The van der Waals surface area contributed by atoms with E-state index < -0.39 is 0 Å². The summed E-state index contributed by atoms with van der Waals surface area (Å²) in [6.07, 6.45) is 3.05. The van der Waals surface area contributed by atoms with Crippen LogP contribution in [0.25, 0.3) is 0 Å². The van der Waals surface area contributed by atoms with Gasteiger partial charge in [0.2, 0.25) is 0 Å². The molecule has 0 aliphatic rings. The van der Waals surface area contributed by atoms with Crippen molar-refractivity contribution in [2.45, 2.75) is 6.54 Å². The molecular weight excluding hydrogens is 352 g/mol. The Morgan fingerprint density at radius 2 is 2.24 bits per heavy atom. The Morgan fingerprint density at radius 3 is 2.94 bits per heavy atom. The lowest BCUT2D eigenvalue weighted by atomic mass is 10.2. The Bertz CT molecular complexity index is 612. The van der Waals surface area contributed by atoms with E-state index in [9.17, 15) is 4.79 Å². The van der Waals surface area contributed by atoms with E-state index in [0.717, 1.165) is 5.56 Å². The minimum Gasteiger partial charge on any atom is -0.398 e. The molecule has 1 heterocycles. The van der Waals surface area contributed by atoms with Crippen molar-refractivity contribution in [3.63, 3.8) is 0 Å². The Hall–Kier alpha value is -1.08. The van der Waals surface area contributed by atoms with Gasteiger partial charge in [-0.2, -0.15) is 0 Å². The van der Waals surface area contributed by atoms with E-state index in [-0.39, 0.29) is 5.56 Å². The Morgan fingerprint density at radius 1 is 1.47 bits per heavy atom. The van der Waals surface area contributed by atoms with E-state index in [2.05, 4.69) is 4.98 Å². The number of nitrogen functional groups attached to an aromatic ring is 1. The van der Waals surface area contributed by atoms with Crippen molar-refractivity contribution in [2.75, 3.05) is 5.73 Å². The third kappa shape index (κ3) is 2.78. The van der Waals surface area contributed by atoms with Gasteiger partial charge in [-0.1, -0.05) is 17.7 Å². The van der Waals surface area contributed by atoms with Gasteiger partial charge in [0, 0.05) is 6.20 Å². The number of benzene rings is 1. The summed E-state index contributed by atoms with van der Waals surface area (Å²) in [5.41, 5.74) is 7.07. The Kier molecular flexibility index (Phi) is 3.68. The van der Waals surface area contributed by atoms with Crippen molar-refractivity contribution in [1.29, 1.82) is 0 Å². The van der Waals surface area contributed by atoms with Crippen LogP contribution in [-0.4, -0.2) is 9.55 Å². The maximum atomic E-state index is 11.8. The number of anilines is 1. The van der Waals surface area contributed by atoms with Crippen LogP contribution >= 0.6 is 34.2 Å². The van der Waals surface area contributed by atoms with Crippen LogP contribution < -0.4 is 11.3 Å². The molecule has 1 aromatic heterocycles. The maximum absolute atomic E-state index is 11.8. The molecule has 88 valence electrons. The molecular formula is C11H9ClIN3O. The second kappa shape index (κ2) is 5.05. The van der Waals surface area contributed by atoms with Crippen molar-refractivity contribution in [2.24, 2.45) is 0 Å². The lowest BCUT2D eigenvalue weighted by molar-refractivity contribution is 0.730. The van der Waals surface area contributed by atoms with Crippen LogP contribution in [-0.2, 0) is 6.54 Å². The van der Waals surface area contributed by atoms with Gasteiger partial charge in [0.05, 0.1) is 27.2 Å². The highest BCUT2D eigenvalue weighted by Crippen LogP contribution is 2.19. The topological polar surface area (TPSA) is 60.9 Å². The van der Waals surface area contributed by atoms with E-state index in [1.807, 2.05) is 28.7 Å². The largest absolute Gasteiger partial charge is 0.398 e. The van der Waals surface area contributed by atoms with Crippen molar-refractivity contribution in [3.8, 4) is 0 Å². The Labute approximate surface area is 117 Å². The number of hydrogen-bond donors (Lipinski definition) is 1. The first kappa shape index (κ1) is 12.4. The molecule has 0 aliphatic heterocycles. The fourth-order valence-corrected chi connectivity index (χ4v) is 2.01. The summed E-state index contributed by atoms with van der Waals surface area (Å²) in [6, 6.07) is 5.32. The summed E-state index contributed by atoms with van der Waals surface area (Å²) in [5, 5.41) is 0.516. The van der Waals surface area contributed by atoms with Crippen molar-refractivity contribution >= 4 is 39.9 Å². The molecule has 6 heteroatoms. The van der Waals surface area contributed by atoms with Crippen LogP contribution in [0.3, 0.4) is 0 Å². The van der Waals surface area contributed by atoms with E-state index in [1.54, 1.807) is 12.1 Å². The average molecular weight is 362 g/mol. The highest BCUT2D eigenvalue weighted by atomic mass is 127. The number of nitrogens with two attached hydrogens (primary N) is 1. The number of rotatable bonds is 2. The number of nitrogens with zero attached hydrogens (tertiary/aromatic N) is 2. The van der Waals surface area contributed by atoms with Gasteiger partial charge in [-0.15, -0.1) is 0 Å². The Balaban J connectivity index is 2.35. The summed E-state index contributed by atoms with van der Waals surface area (Å²) in [6.45, 7) is 0.435. The molecule has 0 spiro atoms. The first-order valence-corrected chi connectivity index (χ1v) is 6.27. The highest BCUT2D eigenvalue weighted by Gasteiger charge is 2.03. The molecule has 0 unspecified atom stereocenters. The van der Waals surface area contributed by atoms with Crippen LogP contribution in [0, 0.1) is 3.57 Å². The second-order valence-corrected chi connectivity index (χ2v) is 5.10. The smallest absolute Gasteiger partial charge is 0.267 e. The van der Waals surface area contributed by atoms with Gasteiger partial charge in [-0.05, 0) is 40.3 Å². The molecule has 2 N–H and O–H groups in total. The molecule has 0 amide bonds. The SMILES string of the molecule is Nc1cc(Cn2cncc(I)c2=O)ccc1Cl. The predicted octanol–water partition coefficient (Wildman–Crippen LogP) is 2.13. The third-order valence-electron chi connectivity index (χ3n) is 2.27. The maximum Gasteiger partial charge on any atom is 0.267 e. The zero-order valence-corrected chi connectivity index (χ0v) is 11.6. The quantitative estimate of drug-likeness (QED) is 0.658. The minimum atomic E-state index is -0.0610. The number of aromatic nitrogens is 2. The van der Waals surface area contributed by atoms with E-state index in [1.165, 1.54) is 17.1 Å². The summed E-state index contributed by atoms with van der Waals surface area (Å²) in [4.78, 5) is 15.8. The molecule has 0 aliphatic carbocycles. The van der Waals surface area contributed by atoms with Crippen molar-refractivity contribution < 1.29 is 0 Å². The molecule has 0 fully saturated rings. The lowest BCUT2D eigenvalue weighted by Gasteiger charge is -2.07. The molecule has 4 nitrogen and oxygen atoms in total. The second-order valence-electron chi connectivity index (χ2n) is 3.53. The van der Waals surface area contributed by atoms with Gasteiger partial charge in [0.25, 0.3) is 5.56 Å². The number of halogens is 2. The first-order chi connectivity index (χ1) is 8.08. The third-order valence-corrected chi connectivity index (χ3v) is 3.36. The minimum absolute atomic E-state index is 0.0610. The zero-order valence-electron chi connectivity index (χ0n) is 8.73. The molecule has 0 saturated carbocycles. The fraction of sp³-hybridized carbons (Fsp3) is 0.0909. The first-order valence-electron chi connectivity index (χ1n) is 4.82. The molecule has 17 heavy (non-hydrogen) atoms. The normalized spacial score (nSPS) is 10.5. The van der Waals surface area contributed by atoms with Gasteiger partial charge in [-0.3, -0.25) is 9.36 Å². The lowest BCUT2D eigenvalue weighted by Crippen LogP contribution is -2.22. The summed E-state index contributed by atoms with van der Waals surface area (Å²) >= 11 is 7.80. The van der Waals surface area contributed by atoms with Crippen molar-refractivity contribution in [3.05, 3.63) is 55.2 Å². The standard InChI is InChI=1S/C11H9ClIN3O/c12-8-2-1-7(3-10(8)14)5-16-6-15-4-9(13)11(16)17/h1-4,6H,5,14H2. The van der Waals surface area contributed by atoms with E-state index >= 15 is 0 Å². The fourth-order valence-electron chi connectivity index (χ4n) is 1.42. The zero-order chi connectivity index (χ0) is 12.4. The van der Waals surface area contributed by atoms with Gasteiger partial charge in [0.1, 0.15) is 0 Å². The summed E-state index contributed by atoms with van der Waals surface area (Å²) in [5.74, 6) is 0. The predicted molar refractivity (Wildman–Crippen MR) is 76.2 cm³/mol. The van der Waals surface area contributed by atoms with Crippen LogP contribution in [0.1, 0.15) is 5.56 Å². The summed E-state index contributed by atoms with van der Waals surface area (Å²) < 4.78 is 2.12. The van der Waals surface area contributed by atoms with Gasteiger partial charge >= 0.3 is 0 Å². The molecule has 0 bridgehead atoms. The van der Waals surface area contributed by atoms with Crippen molar-refractivity contribution in [1.82, 2.24) is 9.55 Å².